The van der Waals surface area contributed by atoms with Gasteiger partial charge in [0.1, 0.15) is 0 Å². The molecule has 1 saturated heterocycles. The van der Waals surface area contributed by atoms with E-state index in [0.717, 1.165) is 35.0 Å². The summed E-state index contributed by atoms with van der Waals surface area (Å²) in [7, 11) is 1.86. The number of piperidine rings is 1. The maximum Gasteiger partial charge on any atom is 0.241 e. The van der Waals surface area contributed by atoms with Crippen molar-refractivity contribution in [3.63, 3.8) is 0 Å². The van der Waals surface area contributed by atoms with Gasteiger partial charge in [0.15, 0.2) is 0 Å². The van der Waals surface area contributed by atoms with Gasteiger partial charge < -0.3 is 9.42 Å². The van der Waals surface area contributed by atoms with Gasteiger partial charge in [-0.15, -0.1) is 0 Å². The van der Waals surface area contributed by atoms with Crippen LogP contribution in [0.25, 0.3) is 11.4 Å². The summed E-state index contributed by atoms with van der Waals surface area (Å²) >= 11 is 9.42. The highest BCUT2D eigenvalue weighted by molar-refractivity contribution is 9.10. The first-order valence-electron chi connectivity index (χ1n) is 10.3. The highest BCUT2D eigenvalue weighted by Crippen LogP contribution is 2.23. The maximum absolute atomic E-state index is 13.0. The third-order valence-corrected chi connectivity index (χ3v) is 6.22. The van der Waals surface area contributed by atoms with Gasteiger partial charge in [0.2, 0.25) is 17.6 Å². The Bertz CT molecular complexity index is 1040. The Morgan fingerprint density at radius 3 is 2.87 bits per heavy atom. The minimum absolute atomic E-state index is 0.0291. The molecule has 8 heteroatoms. The van der Waals surface area contributed by atoms with Crippen LogP contribution in [0.5, 0.6) is 0 Å². The molecule has 1 fully saturated rings. The Labute approximate surface area is 195 Å². The molecule has 1 aliphatic heterocycles. The molecule has 0 aliphatic carbocycles. The third kappa shape index (κ3) is 5.73. The molecule has 4 rings (SSSR count). The van der Waals surface area contributed by atoms with Gasteiger partial charge in [-0.2, -0.15) is 4.98 Å². The number of rotatable bonds is 6. The summed E-state index contributed by atoms with van der Waals surface area (Å²) in [6.07, 6.45) is 1.87. The van der Waals surface area contributed by atoms with Crippen molar-refractivity contribution in [2.45, 2.75) is 25.9 Å². The van der Waals surface area contributed by atoms with Crippen molar-refractivity contribution in [2.24, 2.45) is 5.92 Å². The smallest absolute Gasteiger partial charge is 0.241 e. The molecular weight excluding hydrogens is 480 g/mol. The third-order valence-electron chi connectivity index (χ3n) is 5.47. The zero-order valence-corrected chi connectivity index (χ0v) is 19.6. The van der Waals surface area contributed by atoms with Crippen LogP contribution in [-0.4, -0.2) is 46.0 Å². The zero-order valence-electron chi connectivity index (χ0n) is 17.3. The van der Waals surface area contributed by atoms with Crippen LogP contribution in [0.4, 0.5) is 0 Å². The molecular formula is C23H24BrClN4O2. The molecule has 1 atom stereocenters. The van der Waals surface area contributed by atoms with Gasteiger partial charge in [0.25, 0.3) is 0 Å². The van der Waals surface area contributed by atoms with E-state index in [2.05, 4.69) is 31.0 Å². The standard InChI is InChI=1S/C23H24BrClN4O2/c1-28(13-16-7-9-20(25)10-8-16)23(30)18-5-3-11-29(14-18)15-21-26-22(27-31-21)17-4-2-6-19(24)12-17/h2,4,6-10,12,18H,3,5,11,13-15H2,1H3. The minimum Gasteiger partial charge on any atom is -0.341 e. The second-order valence-electron chi connectivity index (χ2n) is 7.92. The van der Waals surface area contributed by atoms with Crippen LogP contribution in [0.3, 0.4) is 0 Å². The zero-order chi connectivity index (χ0) is 21.8. The fourth-order valence-electron chi connectivity index (χ4n) is 3.91. The average Bonchev–Trinajstić information content (AvgIpc) is 3.23. The van der Waals surface area contributed by atoms with Gasteiger partial charge in [-0.1, -0.05) is 57.0 Å². The molecule has 1 unspecified atom stereocenters. The van der Waals surface area contributed by atoms with E-state index >= 15 is 0 Å². The van der Waals surface area contributed by atoms with Gasteiger partial charge in [-0.3, -0.25) is 9.69 Å². The van der Waals surface area contributed by atoms with Crippen LogP contribution >= 0.6 is 27.5 Å². The first kappa shape index (κ1) is 22.0. The Kier molecular flexibility index (Phi) is 7.05. The van der Waals surface area contributed by atoms with E-state index in [9.17, 15) is 4.79 Å². The topological polar surface area (TPSA) is 62.5 Å². The van der Waals surface area contributed by atoms with Crippen molar-refractivity contribution in [2.75, 3.05) is 20.1 Å². The molecule has 0 N–H and O–H groups in total. The van der Waals surface area contributed by atoms with Gasteiger partial charge in [-0.25, -0.2) is 0 Å². The van der Waals surface area contributed by atoms with E-state index < -0.39 is 0 Å². The van der Waals surface area contributed by atoms with Crippen LogP contribution in [0.2, 0.25) is 5.02 Å². The Hall–Kier alpha value is -2.22. The monoisotopic (exact) mass is 502 g/mol. The number of hydrogen-bond acceptors (Lipinski definition) is 5. The second kappa shape index (κ2) is 9.94. The van der Waals surface area contributed by atoms with Gasteiger partial charge in [-0.05, 0) is 49.2 Å². The number of nitrogens with zero attached hydrogens (tertiary/aromatic N) is 4. The van der Waals surface area contributed by atoms with E-state index in [0.29, 0.717) is 36.4 Å². The average molecular weight is 504 g/mol. The van der Waals surface area contributed by atoms with Crippen LogP contribution in [0.15, 0.2) is 57.5 Å². The van der Waals surface area contributed by atoms with E-state index in [1.54, 1.807) is 4.90 Å². The number of aromatic nitrogens is 2. The highest BCUT2D eigenvalue weighted by Gasteiger charge is 2.29. The molecule has 0 saturated carbocycles. The molecule has 162 valence electrons. The summed E-state index contributed by atoms with van der Waals surface area (Å²) in [6, 6.07) is 15.4. The predicted octanol–water partition coefficient (Wildman–Crippen LogP) is 5.02. The number of carbonyl (C=O) groups excluding carboxylic acids is 1. The second-order valence-corrected chi connectivity index (χ2v) is 9.27. The Morgan fingerprint density at radius 2 is 2.10 bits per heavy atom. The summed E-state index contributed by atoms with van der Waals surface area (Å²) < 4.78 is 6.44. The number of halogens is 2. The van der Waals surface area contributed by atoms with Crippen molar-refractivity contribution in [1.82, 2.24) is 19.9 Å². The molecule has 2 heterocycles. The summed E-state index contributed by atoms with van der Waals surface area (Å²) in [5.74, 6) is 1.28. The first-order chi connectivity index (χ1) is 15.0. The van der Waals surface area contributed by atoms with Gasteiger partial charge in [0.05, 0.1) is 12.5 Å². The summed E-state index contributed by atoms with van der Waals surface area (Å²) in [4.78, 5) is 21.6. The molecule has 3 aromatic rings. The first-order valence-corrected chi connectivity index (χ1v) is 11.5. The Balaban J connectivity index is 1.35. The van der Waals surface area contributed by atoms with Crippen molar-refractivity contribution in [3.05, 3.63) is 69.5 Å². The Morgan fingerprint density at radius 1 is 1.29 bits per heavy atom. The summed E-state index contributed by atoms with van der Waals surface area (Å²) in [6.45, 7) is 2.73. The number of carbonyl (C=O) groups is 1. The molecule has 2 aromatic carbocycles. The fraction of sp³-hybridized carbons (Fsp3) is 0.348. The van der Waals surface area contributed by atoms with Crippen LogP contribution < -0.4 is 0 Å². The molecule has 1 amide bonds. The minimum atomic E-state index is -0.0291. The normalized spacial score (nSPS) is 16.9. The largest absolute Gasteiger partial charge is 0.341 e. The number of amides is 1. The summed E-state index contributed by atoms with van der Waals surface area (Å²) in [5.41, 5.74) is 1.97. The quantitative estimate of drug-likeness (QED) is 0.472. The SMILES string of the molecule is CN(Cc1ccc(Cl)cc1)C(=O)C1CCCN(Cc2nc(-c3cccc(Br)c3)no2)C1. The van der Waals surface area contributed by atoms with Crippen molar-refractivity contribution >= 4 is 33.4 Å². The van der Waals surface area contributed by atoms with E-state index in [-0.39, 0.29) is 11.8 Å². The predicted molar refractivity (Wildman–Crippen MR) is 123 cm³/mol. The number of hydrogen-bond donors (Lipinski definition) is 0. The highest BCUT2D eigenvalue weighted by atomic mass is 79.9. The van der Waals surface area contributed by atoms with Gasteiger partial charge >= 0.3 is 0 Å². The maximum atomic E-state index is 13.0. The molecule has 6 nitrogen and oxygen atoms in total. The van der Waals surface area contributed by atoms with Crippen molar-refractivity contribution in [3.8, 4) is 11.4 Å². The molecule has 0 spiro atoms. The molecule has 1 aromatic heterocycles. The van der Waals surface area contributed by atoms with Gasteiger partial charge in [0, 0.05) is 35.2 Å². The van der Waals surface area contributed by atoms with Crippen LogP contribution in [0.1, 0.15) is 24.3 Å². The lowest BCUT2D eigenvalue weighted by Gasteiger charge is -2.33. The van der Waals surface area contributed by atoms with E-state index in [4.69, 9.17) is 16.1 Å². The number of likely N-dealkylation sites (tertiary alicyclic amines) is 1. The molecule has 1 aliphatic rings. The lowest BCUT2D eigenvalue weighted by Crippen LogP contribution is -2.43. The molecule has 0 radical (unpaired) electrons. The summed E-state index contributed by atoms with van der Waals surface area (Å²) in [5, 5.41) is 4.81. The van der Waals surface area contributed by atoms with Crippen molar-refractivity contribution in [1.29, 1.82) is 0 Å². The molecule has 0 bridgehead atoms. The van der Waals surface area contributed by atoms with E-state index in [1.165, 1.54) is 0 Å². The van der Waals surface area contributed by atoms with E-state index in [1.807, 2.05) is 55.6 Å². The fourth-order valence-corrected chi connectivity index (χ4v) is 4.43. The lowest BCUT2D eigenvalue weighted by atomic mass is 9.96. The van der Waals surface area contributed by atoms with Crippen LogP contribution in [-0.2, 0) is 17.9 Å². The van der Waals surface area contributed by atoms with Crippen LogP contribution in [0, 0.1) is 5.92 Å². The van der Waals surface area contributed by atoms with Crippen molar-refractivity contribution < 1.29 is 9.32 Å². The lowest BCUT2D eigenvalue weighted by molar-refractivity contribution is -0.136. The molecule has 31 heavy (non-hydrogen) atoms. The number of benzene rings is 2.